The van der Waals surface area contributed by atoms with E-state index >= 15 is 0 Å². The average molecular weight is 331 g/mol. The molecule has 5 heteroatoms. The van der Waals surface area contributed by atoms with E-state index in [-0.39, 0.29) is 6.61 Å². The minimum atomic E-state index is -0.419. The first-order chi connectivity index (χ1) is 11.1. The first-order valence-electron chi connectivity index (χ1n) is 7.07. The lowest BCUT2D eigenvalue weighted by molar-refractivity contribution is 0.285. The van der Waals surface area contributed by atoms with Crippen LogP contribution in [-0.4, -0.2) is 7.11 Å². The van der Waals surface area contributed by atoms with Gasteiger partial charge in [0.2, 0.25) is 0 Å². The second-order valence-electron chi connectivity index (χ2n) is 5.13. The second kappa shape index (κ2) is 6.34. The molecule has 0 saturated carbocycles. The molecule has 0 aliphatic carbocycles. The van der Waals surface area contributed by atoms with Crippen molar-refractivity contribution in [1.29, 1.82) is 0 Å². The molecule has 0 saturated heterocycles. The fourth-order valence-corrected chi connectivity index (χ4v) is 2.52. The Hall–Kier alpha value is -2.46. The molecule has 0 radical (unpaired) electrons. The molecule has 0 spiro atoms. The third kappa shape index (κ3) is 3.17. The minimum Gasteiger partial charge on any atom is -0.493 e. The number of methoxy groups -OCH3 is 1. The largest absolute Gasteiger partial charge is 0.493 e. The maximum Gasteiger partial charge on any atom is 0.336 e. The van der Waals surface area contributed by atoms with Gasteiger partial charge in [0.1, 0.15) is 12.2 Å². The predicted octanol–water partition coefficient (Wildman–Crippen LogP) is 4.34. The van der Waals surface area contributed by atoms with Gasteiger partial charge in [0.25, 0.3) is 0 Å². The Bertz CT molecular complexity index is 915. The normalized spacial score (nSPS) is 10.7. The van der Waals surface area contributed by atoms with Crippen LogP contribution in [0.2, 0.25) is 5.02 Å². The van der Waals surface area contributed by atoms with E-state index in [0.29, 0.717) is 27.7 Å². The van der Waals surface area contributed by atoms with Crippen LogP contribution in [-0.2, 0) is 6.61 Å². The highest BCUT2D eigenvalue weighted by atomic mass is 35.5. The van der Waals surface area contributed by atoms with Gasteiger partial charge < -0.3 is 13.9 Å². The quantitative estimate of drug-likeness (QED) is 0.668. The van der Waals surface area contributed by atoms with E-state index in [9.17, 15) is 4.79 Å². The fraction of sp³-hybridized carbons (Fsp3) is 0.167. The van der Waals surface area contributed by atoms with Crippen molar-refractivity contribution in [1.82, 2.24) is 0 Å². The van der Waals surface area contributed by atoms with Crippen LogP contribution in [0.4, 0.5) is 0 Å². The van der Waals surface area contributed by atoms with Gasteiger partial charge in [-0.15, -0.1) is 0 Å². The number of hydrogen-bond donors (Lipinski definition) is 0. The molecular formula is C18H15ClO4. The number of halogens is 1. The van der Waals surface area contributed by atoms with Gasteiger partial charge in [0.15, 0.2) is 11.5 Å². The number of ether oxygens (including phenoxy) is 2. The van der Waals surface area contributed by atoms with Gasteiger partial charge in [-0.05, 0) is 36.8 Å². The third-order valence-corrected chi connectivity index (χ3v) is 3.97. The minimum absolute atomic E-state index is 0.210. The number of hydrogen-bond acceptors (Lipinski definition) is 4. The Balaban J connectivity index is 1.99. The van der Waals surface area contributed by atoms with Crippen LogP contribution in [0.15, 0.2) is 51.7 Å². The first kappa shape index (κ1) is 15.4. The van der Waals surface area contributed by atoms with E-state index < -0.39 is 5.63 Å². The Morgan fingerprint density at radius 1 is 1.13 bits per heavy atom. The molecule has 118 valence electrons. The number of fused-ring (bicyclic) bond motifs is 1. The summed E-state index contributed by atoms with van der Waals surface area (Å²) in [6.45, 7) is 2.07. The molecule has 0 aliphatic heterocycles. The summed E-state index contributed by atoms with van der Waals surface area (Å²) in [7, 11) is 1.58. The Labute approximate surface area is 138 Å². The molecule has 4 nitrogen and oxygen atoms in total. The van der Waals surface area contributed by atoms with E-state index in [1.807, 2.05) is 31.2 Å². The highest BCUT2D eigenvalue weighted by molar-refractivity contribution is 6.32. The van der Waals surface area contributed by atoms with Crippen molar-refractivity contribution in [2.24, 2.45) is 0 Å². The average Bonchev–Trinajstić information content (AvgIpc) is 2.54. The molecule has 0 unspecified atom stereocenters. The lowest BCUT2D eigenvalue weighted by Gasteiger charge is -2.12. The number of rotatable bonds is 4. The molecule has 1 heterocycles. The van der Waals surface area contributed by atoms with Crippen LogP contribution < -0.4 is 15.1 Å². The highest BCUT2D eigenvalue weighted by Crippen LogP contribution is 2.29. The van der Waals surface area contributed by atoms with Gasteiger partial charge in [-0.25, -0.2) is 4.79 Å². The topological polar surface area (TPSA) is 48.7 Å². The van der Waals surface area contributed by atoms with Crippen molar-refractivity contribution in [3.8, 4) is 11.5 Å². The number of benzene rings is 2. The summed E-state index contributed by atoms with van der Waals surface area (Å²) in [5, 5.41) is 1.37. The number of aryl methyl sites for hydroxylation is 1. The molecule has 0 N–H and O–H groups in total. The summed E-state index contributed by atoms with van der Waals surface area (Å²) < 4.78 is 16.3. The lowest BCUT2D eigenvalue weighted by Crippen LogP contribution is -2.04. The van der Waals surface area contributed by atoms with Crippen LogP contribution in [0.3, 0.4) is 0 Å². The standard InChI is InChI=1S/C18H15ClO4/c1-11-7-17-13(9-14(11)19)12(8-18(20)23-17)10-22-16-6-4-3-5-15(16)21-2/h3-9H,10H2,1-2H3. The number of para-hydroxylation sites is 2. The molecule has 23 heavy (non-hydrogen) atoms. The second-order valence-corrected chi connectivity index (χ2v) is 5.53. The zero-order chi connectivity index (χ0) is 16.4. The molecule has 0 aliphatic rings. The van der Waals surface area contributed by atoms with Crippen molar-refractivity contribution < 1.29 is 13.9 Å². The zero-order valence-corrected chi connectivity index (χ0v) is 13.5. The maximum atomic E-state index is 11.8. The Morgan fingerprint density at radius 3 is 2.61 bits per heavy atom. The molecule has 0 atom stereocenters. The molecule has 3 rings (SSSR count). The molecule has 0 amide bonds. The van der Waals surface area contributed by atoms with Crippen LogP contribution in [0.25, 0.3) is 11.0 Å². The smallest absolute Gasteiger partial charge is 0.336 e. The molecule has 0 fully saturated rings. The van der Waals surface area contributed by atoms with Crippen LogP contribution in [0.5, 0.6) is 11.5 Å². The van der Waals surface area contributed by atoms with Gasteiger partial charge in [0, 0.05) is 22.0 Å². The van der Waals surface area contributed by atoms with Crippen molar-refractivity contribution >= 4 is 22.6 Å². The first-order valence-corrected chi connectivity index (χ1v) is 7.45. The van der Waals surface area contributed by atoms with Crippen molar-refractivity contribution in [2.45, 2.75) is 13.5 Å². The molecule has 1 aromatic heterocycles. The summed E-state index contributed by atoms with van der Waals surface area (Å²) in [4.78, 5) is 11.8. The van der Waals surface area contributed by atoms with Crippen molar-refractivity contribution in [2.75, 3.05) is 7.11 Å². The van der Waals surface area contributed by atoms with Crippen molar-refractivity contribution in [3.05, 3.63) is 69.0 Å². The Morgan fingerprint density at radius 2 is 1.87 bits per heavy atom. The highest BCUT2D eigenvalue weighted by Gasteiger charge is 2.10. The van der Waals surface area contributed by atoms with E-state index in [1.165, 1.54) is 6.07 Å². The molecule has 2 aromatic carbocycles. The maximum absolute atomic E-state index is 11.8. The summed E-state index contributed by atoms with van der Waals surface area (Å²) in [6.07, 6.45) is 0. The molecule has 0 bridgehead atoms. The molecule has 3 aromatic rings. The van der Waals surface area contributed by atoms with Crippen LogP contribution in [0, 0.1) is 6.92 Å². The fourth-order valence-electron chi connectivity index (χ4n) is 2.36. The summed E-state index contributed by atoms with van der Waals surface area (Å²) in [5.74, 6) is 1.24. The van der Waals surface area contributed by atoms with E-state index in [4.69, 9.17) is 25.5 Å². The SMILES string of the molecule is COc1ccccc1OCc1cc(=O)oc2cc(C)c(Cl)cc12. The summed E-state index contributed by atoms with van der Waals surface area (Å²) >= 11 is 6.18. The van der Waals surface area contributed by atoms with Crippen LogP contribution in [0.1, 0.15) is 11.1 Å². The summed E-state index contributed by atoms with van der Waals surface area (Å²) in [5.41, 5.74) is 1.64. The Kier molecular flexibility index (Phi) is 4.26. The van der Waals surface area contributed by atoms with Crippen molar-refractivity contribution in [3.63, 3.8) is 0 Å². The van der Waals surface area contributed by atoms with E-state index in [2.05, 4.69) is 0 Å². The summed E-state index contributed by atoms with van der Waals surface area (Å²) in [6, 6.07) is 12.3. The van der Waals surface area contributed by atoms with Gasteiger partial charge in [-0.2, -0.15) is 0 Å². The molecular weight excluding hydrogens is 316 g/mol. The third-order valence-electron chi connectivity index (χ3n) is 3.56. The van der Waals surface area contributed by atoms with Gasteiger partial charge in [-0.1, -0.05) is 23.7 Å². The van der Waals surface area contributed by atoms with Gasteiger partial charge >= 0.3 is 5.63 Å². The monoisotopic (exact) mass is 330 g/mol. The van der Waals surface area contributed by atoms with Gasteiger partial charge in [0.05, 0.1) is 7.11 Å². The van der Waals surface area contributed by atoms with E-state index in [0.717, 1.165) is 10.9 Å². The van der Waals surface area contributed by atoms with Gasteiger partial charge in [-0.3, -0.25) is 0 Å². The lowest BCUT2D eigenvalue weighted by atomic mass is 10.1. The zero-order valence-electron chi connectivity index (χ0n) is 12.8. The predicted molar refractivity (Wildman–Crippen MR) is 89.6 cm³/mol. The van der Waals surface area contributed by atoms with Crippen LogP contribution >= 0.6 is 11.6 Å². The van der Waals surface area contributed by atoms with E-state index in [1.54, 1.807) is 19.2 Å².